The third-order valence-corrected chi connectivity index (χ3v) is 3.05. The summed E-state index contributed by atoms with van der Waals surface area (Å²) in [5, 5.41) is 1.06. The molecule has 0 amide bonds. The number of aromatic nitrogens is 2. The fourth-order valence-corrected chi connectivity index (χ4v) is 2.16. The van der Waals surface area contributed by atoms with Crippen LogP contribution in [0.15, 0.2) is 5.16 Å². The minimum Gasteiger partial charge on any atom is -0.469 e. The van der Waals surface area contributed by atoms with Crippen LogP contribution in [-0.4, -0.2) is 28.7 Å². The molecule has 4 nitrogen and oxygen atoms in total. The summed E-state index contributed by atoms with van der Waals surface area (Å²) in [5.74, 6) is 0. The lowest BCUT2D eigenvalue weighted by Gasteiger charge is -2.07. The van der Waals surface area contributed by atoms with E-state index < -0.39 is 0 Å². The van der Waals surface area contributed by atoms with E-state index in [0.717, 1.165) is 19.4 Å². The largest absolute Gasteiger partial charge is 0.469 e. The molecule has 0 radical (unpaired) electrons. The van der Waals surface area contributed by atoms with Gasteiger partial charge in [0.2, 0.25) is 5.16 Å². The highest BCUT2D eigenvalue weighted by molar-refractivity contribution is 7.80. The molecule has 0 saturated carbocycles. The molecule has 1 aliphatic heterocycles. The van der Waals surface area contributed by atoms with Gasteiger partial charge in [0.1, 0.15) is 0 Å². The van der Waals surface area contributed by atoms with Crippen LogP contribution in [0.4, 0.5) is 0 Å². The quantitative estimate of drug-likeness (QED) is 0.804. The molecular formula is C8H12N2O2S2. The standard InChI is InChI=1S/C8H12N2O2S2/c13-7-9-8(14-10-7)12-5-3-6-2-1-4-11-6/h6H,1-5H2,(H,10,13). The van der Waals surface area contributed by atoms with E-state index in [9.17, 15) is 0 Å². The molecule has 0 spiro atoms. The lowest BCUT2D eigenvalue weighted by Crippen LogP contribution is -2.10. The maximum Gasteiger partial charge on any atom is 0.293 e. The van der Waals surface area contributed by atoms with Gasteiger partial charge in [-0.05, 0) is 12.8 Å². The van der Waals surface area contributed by atoms with Crippen molar-refractivity contribution in [1.29, 1.82) is 0 Å². The molecule has 2 rings (SSSR count). The van der Waals surface area contributed by atoms with Crippen LogP contribution in [0, 0.1) is 0 Å². The molecule has 1 saturated heterocycles. The van der Waals surface area contributed by atoms with E-state index in [2.05, 4.69) is 22.0 Å². The molecule has 1 aromatic heterocycles. The third-order valence-electron chi connectivity index (χ3n) is 2.09. The Morgan fingerprint density at radius 2 is 2.57 bits per heavy atom. The summed E-state index contributed by atoms with van der Waals surface area (Å²) in [7, 11) is 0. The van der Waals surface area contributed by atoms with Crippen molar-refractivity contribution in [3.05, 3.63) is 0 Å². The van der Waals surface area contributed by atoms with Gasteiger partial charge < -0.3 is 9.47 Å². The van der Waals surface area contributed by atoms with E-state index in [1.165, 1.54) is 18.0 Å². The first-order chi connectivity index (χ1) is 6.84. The third kappa shape index (κ3) is 2.83. The van der Waals surface area contributed by atoms with Crippen molar-refractivity contribution in [2.45, 2.75) is 30.5 Å². The molecule has 1 atom stereocenters. The molecule has 0 aliphatic carbocycles. The van der Waals surface area contributed by atoms with Crippen molar-refractivity contribution >= 4 is 24.2 Å². The zero-order valence-electron chi connectivity index (χ0n) is 7.68. The van der Waals surface area contributed by atoms with Crippen LogP contribution in [0.5, 0.6) is 5.19 Å². The fraction of sp³-hybridized carbons (Fsp3) is 0.750. The van der Waals surface area contributed by atoms with Crippen LogP contribution in [0.25, 0.3) is 0 Å². The lowest BCUT2D eigenvalue weighted by atomic mass is 10.2. The SMILES string of the molecule is Sc1nsc(OCCC2CCCO2)n1. The Morgan fingerprint density at radius 3 is 3.21 bits per heavy atom. The average molecular weight is 232 g/mol. The van der Waals surface area contributed by atoms with Crippen LogP contribution in [0.2, 0.25) is 0 Å². The molecule has 78 valence electrons. The molecule has 1 fully saturated rings. The molecular weight excluding hydrogens is 220 g/mol. The number of thiol groups is 1. The number of ether oxygens (including phenoxy) is 2. The van der Waals surface area contributed by atoms with Gasteiger partial charge in [0.25, 0.3) is 5.19 Å². The maximum atomic E-state index is 5.47. The number of nitrogens with zero attached hydrogens (tertiary/aromatic N) is 2. The van der Waals surface area contributed by atoms with Gasteiger partial charge in [0.15, 0.2) is 0 Å². The second-order valence-corrected chi connectivity index (χ2v) is 4.25. The van der Waals surface area contributed by atoms with Crippen LogP contribution < -0.4 is 4.74 Å². The average Bonchev–Trinajstić information content (AvgIpc) is 2.77. The van der Waals surface area contributed by atoms with Crippen LogP contribution in [0.3, 0.4) is 0 Å². The molecule has 0 aromatic carbocycles. The maximum absolute atomic E-state index is 5.47. The number of hydrogen-bond acceptors (Lipinski definition) is 6. The summed E-state index contributed by atoms with van der Waals surface area (Å²) >= 11 is 5.23. The van der Waals surface area contributed by atoms with Crippen molar-refractivity contribution in [2.75, 3.05) is 13.2 Å². The summed E-state index contributed by atoms with van der Waals surface area (Å²) < 4.78 is 14.8. The summed E-state index contributed by atoms with van der Waals surface area (Å²) in [6.07, 6.45) is 3.63. The summed E-state index contributed by atoms with van der Waals surface area (Å²) in [6.45, 7) is 1.54. The Bertz CT molecular complexity index is 287. The predicted molar refractivity (Wildman–Crippen MR) is 56.2 cm³/mol. The van der Waals surface area contributed by atoms with Crippen LogP contribution in [0.1, 0.15) is 19.3 Å². The molecule has 1 unspecified atom stereocenters. The first-order valence-corrected chi connectivity index (χ1v) is 5.84. The molecule has 6 heteroatoms. The normalized spacial score (nSPS) is 21.4. The fourth-order valence-electron chi connectivity index (χ4n) is 1.41. The highest BCUT2D eigenvalue weighted by atomic mass is 32.1. The van der Waals surface area contributed by atoms with E-state index >= 15 is 0 Å². The monoisotopic (exact) mass is 232 g/mol. The van der Waals surface area contributed by atoms with Crippen LogP contribution in [-0.2, 0) is 4.74 Å². The first-order valence-electron chi connectivity index (χ1n) is 4.61. The van der Waals surface area contributed by atoms with Gasteiger partial charge in [-0.25, -0.2) is 0 Å². The Morgan fingerprint density at radius 1 is 1.64 bits per heavy atom. The van der Waals surface area contributed by atoms with E-state index in [1.54, 1.807) is 0 Å². The molecule has 14 heavy (non-hydrogen) atoms. The van der Waals surface area contributed by atoms with Crippen molar-refractivity contribution in [3.8, 4) is 5.19 Å². The van der Waals surface area contributed by atoms with Gasteiger partial charge in [-0.3, -0.25) is 0 Å². The predicted octanol–water partition coefficient (Wildman–Crippen LogP) is 1.77. The topological polar surface area (TPSA) is 44.2 Å². The van der Waals surface area contributed by atoms with Crippen molar-refractivity contribution in [1.82, 2.24) is 9.36 Å². The highest BCUT2D eigenvalue weighted by Crippen LogP contribution is 2.18. The Balaban J connectivity index is 1.67. The molecule has 1 aliphatic rings. The number of rotatable bonds is 4. The number of hydrogen-bond donors (Lipinski definition) is 1. The zero-order chi connectivity index (χ0) is 9.80. The molecule has 0 bridgehead atoms. The Kier molecular flexibility index (Phi) is 3.61. The Hall–Kier alpha value is -0.330. The van der Waals surface area contributed by atoms with Gasteiger partial charge >= 0.3 is 0 Å². The second-order valence-electron chi connectivity index (χ2n) is 3.13. The first kappa shape index (κ1) is 10.2. The van der Waals surface area contributed by atoms with Gasteiger partial charge in [0, 0.05) is 24.6 Å². The van der Waals surface area contributed by atoms with E-state index in [0.29, 0.717) is 23.1 Å². The van der Waals surface area contributed by atoms with E-state index in [1.807, 2.05) is 0 Å². The Labute approximate surface area is 92.2 Å². The van der Waals surface area contributed by atoms with Gasteiger partial charge in [0.05, 0.1) is 12.7 Å². The highest BCUT2D eigenvalue weighted by Gasteiger charge is 2.15. The molecule has 1 aromatic rings. The zero-order valence-corrected chi connectivity index (χ0v) is 9.39. The lowest BCUT2D eigenvalue weighted by molar-refractivity contribution is 0.0902. The molecule has 0 N–H and O–H groups in total. The van der Waals surface area contributed by atoms with E-state index in [-0.39, 0.29) is 0 Å². The van der Waals surface area contributed by atoms with Gasteiger partial charge in [-0.15, -0.1) is 12.6 Å². The molecule has 2 heterocycles. The second kappa shape index (κ2) is 4.95. The van der Waals surface area contributed by atoms with E-state index in [4.69, 9.17) is 9.47 Å². The summed E-state index contributed by atoms with van der Waals surface area (Å²) in [4.78, 5) is 3.98. The van der Waals surface area contributed by atoms with Crippen molar-refractivity contribution < 1.29 is 9.47 Å². The van der Waals surface area contributed by atoms with Crippen molar-refractivity contribution in [3.63, 3.8) is 0 Å². The minimum absolute atomic E-state index is 0.374. The van der Waals surface area contributed by atoms with Gasteiger partial charge in [-0.2, -0.15) is 9.36 Å². The smallest absolute Gasteiger partial charge is 0.293 e. The van der Waals surface area contributed by atoms with Gasteiger partial charge in [-0.1, -0.05) is 0 Å². The van der Waals surface area contributed by atoms with Crippen LogP contribution >= 0.6 is 24.2 Å². The minimum atomic E-state index is 0.374. The summed E-state index contributed by atoms with van der Waals surface area (Å²) in [6, 6.07) is 0. The summed E-state index contributed by atoms with van der Waals surface area (Å²) in [5.41, 5.74) is 0. The van der Waals surface area contributed by atoms with Crippen molar-refractivity contribution in [2.24, 2.45) is 0 Å².